The SMILES string of the molecule is FC1=C2C(=CCC1)N2[c-]1ccc2ccc(Cl)cc21.[K+]. The molecule has 0 saturated carbocycles. The van der Waals surface area contributed by atoms with Crippen molar-refractivity contribution < 1.29 is 55.8 Å². The molecule has 0 spiro atoms. The van der Waals surface area contributed by atoms with Crippen LogP contribution < -0.4 is 56.3 Å². The van der Waals surface area contributed by atoms with Crippen LogP contribution in [-0.4, -0.2) is 0 Å². The maximum Gasteiger partial charge on any atom is 1.00 e. The zero-order valence-corrected chi connectivity index (χ0v) is 14.5. The predicted octanol–water partition coefficient (Wildman–Crippen LogP) is 1.89. The van der Waals surface area contributed by atoms with Gasteiger partial charge in [0.05, 0.1) is 5.83 Å². The second kappa shape index (κ2) is 5.06. The van der Waals surface area contributed by atoms with Gasteiger partial charge >= 0.3 is 51.4 Å². The van der Waals surface area contributed by atoms with Gasteiger partial charge in [0.15, 0.2) is 0 Å². The quantitative estimate of drug-likeness (QED) is 0.441. The standard InChI is InChI=1S/C15H10ClFN.K/c16-10-6-4-9-5-7-13(11(9)8-10)18-14-3-1-2-12(17)15(14)18;/h3-8H,1-2H2;/q-1;+1. The fourth-order valence-corrected chi connectivity index (χ4v) is 2.85. The number of hydrogen-bond acceptors (Lipinski definition) is 1. The molecule has 1 heterocycles. The van der Waals surface area contributed by atoms with E-state index in [0.717, 1.165) is 34.3 Å². The van der Waals surface area contributed by atoms with Crippen molar-refractivity contribution in [1.29, 1.82) is 0 Å². The third-order valence-electron chi connectivity index (χ3n) is 3.57. The molecule has 0 N–H and O–H groups in total. The number of anilines is 1. The molecule has 1 nitrogen and oxygen atoms in total. The predicted molar refractivity (Wildman–Crippen MR) is 72.5 cm³/mol. The van der Waals surface area contributed by atoms with Crippen LogP contribution in [0.3, 0.4) is 0 Å². The first-order chi connectivity index (χ1) is 8.75. The van der Waals surface area contributed by atoms with E-state index in [4.69, 9.17) is 11.6 Å². The van der Waals surface area contributed by atoms with Crippen molar-refractivity contribution in [1.82, 2.24) is 0 Å². The first kappa shape index (κ1) is 13.9. The van der Waals surface area contributed by atoms with Gasteiger partial charge in [-0.05, 0) is 24.2 Å². The van der Waals surface area contributed by atoms with Crippen molar-refractivity contribution in [3.63, 3.8) is 0 Å². The van der Waals surface area contributed by atoms with E-state index in [1.807, 2.05) is 35.2 Å². The molecule has 1 aliphatic carbocycles. The van der Waals surface area contributed by atoms with Gasteiger partial charge in [-0.15, -0.1) is 6.07 Å². The summed E-state index contributed by atoms with van der Waals surface area (Å²) < 4.78 is 13.7. The summed E-state index contributed by atoms with van der Waals surface area (Å²) in [5, 5.41) is 2.93. The monoisotopic (exact) mass is 297 g/mol. The molecule has 0 aromatic heterocycles. The molecule has 0 bridgehead atoms. The summed E-state index contributed by atoms with van der Waals surface area (Å²) in [5.74, 6) is 0.00359. The smallest absolute Gasteiger partial charge is 0.396 e. The summed E-state index contributed by atoms with van der Waals surface area (Å²) in [4.78, 5) is 1.99. The van der Waals surface area contributed by atoms with Crippen LogP contribution in [0.4, 0.5) is 10.1 Å². The van der Waals surface area contributed by atoms with Gasteiger partial charge in [0.25, 0.3) is 0 Å². The van der Waals surface area contributed by atoms with Crippen LogP contribution in [0.2, 0.25) is 5.02 Å². The number of benzene rings is 1. The second-order valence-electron chi connectivity index (χ2n) is 4.67. The fraction of sp³-hybridized carbons (Fsp3) is 0.133. The molecule has 0 atom stereocenters. The second-order valence-corrected chi connectivity index (χ2v) is 5.10. The molecule has 19 heavy (non-hydrogen) atoms. The molecule has 1 aliphatic heterocycles. The van der Waals surface area contributed by atoms with Crippen LogP contribution in [0.25, 0.3) is 10.8 Å². The van der Waals surface area contributed by atoms with Gasteiger partial charge in [-0.3, -0.25) is 0 Å². The molecule has 1 fully saturated rings. The summed E-state index contributed by atoms with van der Waals surface area (Å²) in [6, 6.07) is 9.88. The normalized spacial score (nSPS) is 17.2. The van der Waals surface area contributed by atoms with Crippen molar-refractivity contribution in [2.24, 2.45) is 0 Å². The maximum absolute atomic E-state index is 13.7. The van der Waals surface area contributed by atoms with Crippen molar-refractivity contribution >= 4 is 28.1 Å². The van der Waals surface area contributed by atoms with Crippen molar-refractivity contribution in [3.05, 3.63) is 58.7 Å². The summed E-state index contributed by atoms with van der Waals surface area (Å²) in [5.41, 5.74) is 2.81. The average molecular weight is 298 g/mol. The van der Waals surface area contributed by atoms with Crippen LogP contribution in [0.1, 0.15) is 12.8 Å². The van der Waals surface area contributed by atoms with E-state index in [-0.39, 0.29) is 57.2 Å². The Morgan fingerprint density at radius 1 is 1.26 bits per heavy atom. The Balaban J connectivity index is 0.00000110. The number of allylic oxidation sites excluding steroid dienone is 2. The Morgan fingerprint density at radius 3 is 2.89 bits per heavy atom. The largest absolute Gasteiger partial charge is 1.00 e. The molecule has 4 rings (SSSR count). The number of hydrogen-bond donors (Lipinski definition) is 0. The first-order valence-corrected chi connectivity index (χ1v) is 6.38. The molecular weight excluding hydrogens is 288 g/mol. The van der Waals surface area contributed by atoms with Gasteiger partial charge in [0.1, 0.15) is 0 Å². The molecule has 1 saturated heterocycles. The van der Waals surface area contributed by atoms with Crippen LogP contribution in [0.15, 0.2) is 53.6 Å². The van der Waals surface area contributed by atoms with Crippen LogP contribution >= 0.6 is 11.6 Å². The molecule has 0 unspecified atom stereocenters. The van der Waals surface area contributed by atoms with Gasteiger partial charge in [0, 0.05) is 10.7 Å². The average Bonchev–Trinajstić information content (AvgIpc) is 2.95. The molecule has 2 aromatic carbocycles. The molecule has 0 radical (unpaired) electrons. The van der Waals surface area contributed by atoms with E-state index in [9.17, 15) is 4.39 Å². The van der Waals surface area contributed by atoms with Gasteiger partial charge < -0.3 is 4.90 Å². The van der Waals surface area contributed by atoms with Crippen molar-refractivity contribution in [3.8, 4) is 0 Å². The third-order valence-corrected chi connectivity index (χ3v) is 3.80. The van der Waals surface area contributed by atoms with E-state index in [1.54, 1.807) is 0 Å². The minimum absolute atomic E-state index is 0. The van der Waals surface area contributed by atoms with E-state index in [2.05, 4.69) is 6.08 Å². The number of halogens is 2. The molecule has 2 aliphatic rings. The van der Waals surface area contributed by atoms with Crippen molar-refractivity contribution in [2.45, 2.75) is 12.8 Å². The van der Waals surface area contributed by atoms with Crippen LogP contribution in [0.5, 0.6) is 0 Å². The Morgan fingerprint density at radius 2 is 2.11 bits per heavy atom. The maximum atomic E-state index is 13.7. The number of fused-ring (bicyclic) bond motifs is 2. The van der Waals surface area contributed by atoms with Crippen LogP contribution in [0, 0.1) is 0 Å². The third kappa shape index (κ3) is 2.17. The molecule has 2 aromatic rings. The van der Waals surface area contributed by atoms with Crippen molar-refractivity contribution in [2.75, 3.05) is 4.90 Å². The zero-order chi connectivity index (χ0) is 12.3. The summed E-state index contributed by atoms with van der Waals surface area (Å²) in [6.07, 6.45) is 3.41. The van der Waals surface area contributed by atoms with E-state index in [1.165, 1.54) is 0 Å². The number of nitrogens with zero attached hydrogens (tertiary/aromatic N) is 1. The molecular formula is C15H10ClFKN. The number of rotatable bonds is 1. The van der Waals surface area contributed by atoms with Gasteiger partial charge in [-0.1, -0.05) is 52.7 Å². The fourth-order valence-electron chi connectivity index (χ4n) is 2.68. The Hall–Kier alpha value is -0.0336. The van der Waals surface area contributed by atoms with E-state index >= 15 is 0 Å². The minimum Gasteiger partial charge on any atom is -0.396 e. The molecule has 90 valence electrons. The van der Waals surface area contributed by atoms with Gasteiger partial charge in [0.2, 0.25) is 0 Å². The van der Waals surface area contributed by atoms with E-state index < -0.39 is 0 Å². The zero-order valence-electron chi connectivity index (χ0n) is 10.6. The Kier molecular flexibility index (Phi) is 3.71. The summed E-state index contributed by atoms with van der Waals surface area (Å²) in [6.45, 7) is 0. The van der Waals surface area contributed by atoms with Gasteiger partial charge in [-0.2, -0.15) is 0 Å². The topological polar surface area (TPSA) is 3.01 Å². The minimum atomic E-state index is 0. The van der Waals surface area contributed by atoms with Gasteiger partial charge in [-0.25, -0.2) is 4.39 Å². The first-order valence-electron chi connectivity index (χ1n) is 6.00. The van der Waals surface area contributed by atoms with E-state index in [0.29, 0.717) is 11.4 Å². The Labute approximate surface area is 158 Å². The Bertz CT molecular complexity index is 729. The summed E-state index contributed by atoms with van der Waals surface area (Å²) >= 11 is 6.03. The van der Waals surface area contributed by atoms with Crippen LogP contribution in [-0.2, 0) is 0 Å². The molecule has 0 amide bonds. The molecule has 4 heteroatoms. The summed E-state index contributed by atoms with van der Waals surface area (Å²) in [7, 11) is 0.